The second-order valence-corrected chi connectivity index (χ2v) is 3.31. The Kier molecular flexibility index (Phi) is 3.71. The molecule has 1 atom stereocenters. The van der Waals surface area contributed by atoms with E-state index in [1.165, 1.54) is 5.57 Å². The van der Waals surface area contributed by atoms with E-state index >= 15 is 0 Å². The molecule has 0 spiro atoms. The molecule has 13 heavy (non-hydrogen) atoms. The van der Waals surface area contributed by atoms with Crippen molar-refractivity contribution < 1.29 is 4.79 Å². The Bertz CT molecular complexity index is 243. The zero-order valence-corrected chi connectivity index (χ0v) is 7.70. The predicted octanol–water partition coefficient (Wildman–Crippen LogP) is 0.713. The first-order chi connectivity index (χ1) is 6.27. The molecular formula is C10H16N2O. The molecule has 1 aliphatic rings. The molecule has 0 amide bonds. The van der Waals surface area contributed by atoms with Crippen molar-refractivity contribution in [3.8, 4) is 0 Å². The van der Waals surface area contributed by atoms with Crippen LogP contribution in [0.2, 0.25) is 0 Å². The van der Waals surface area contributed by atoms with Crippen LogP contribution < -0.4 is 11.5 Å². The second-order valence-electron chi connectivity index (χ2n) is 3.31. The van der Waals surface area contributed by atoms with Gasteiger partial charge in [-0.15, -0.1) is 0 Å². The van der Waals surface area contributed by atoms with Gasteiger partial charge in [0.15, 0.2) is 0 Å². The number of aldehydes is 1. The molecule has 0 bridgehead atoms. The Labute approximate surface area is 78.5 Å². The quantitative estimate of drug-likeness (QED) is 0.628. The van der Waals surface area contributed by atoms with Crippen molar-refractivity contribution in [3.63, 3.8) is 0 Å². The van der Waals surface area contributed by atoms with Gasteiger partial charge in [0.1, 0.15) is 6.29 Å². The summed E-state index contributed by atoms with van der Waals surface area (Å²) in [6, 6.07) is 0. The zero-order chi connectivity index (χ0) is 9.68. The van der Waals surface area contributed by atoms with Crippen molar-refractivity contribution in [2.24, 2.45) is 17.4 Å². The van der Waals surface area contributed by atoms with Crippen molar-refractivity contribution in [3.05, 3.63) is 23.4 Å². The minimum absolute atomic E-state index is 0.105. The van der Waals surface area contributed by atoms with Crippen LogP contribution in [-0.4, -0.2) is 12.8 Å². The Morgan fingerprint density at radius 1 is 1.54 bits per heavy atom. The third-order valence-electron chi connectivity index (χ3n) is 2.35. The van der Waals surface area contributed by atoms with E-state index in [4.69, 9.17) is 11.5 Å². The maximum Gasteiger partial charge on any atom is 0.128 e. The Hall–Kier alpha value is -1.09. The van der Waals surface area contributed by atoms with Crippen LogP contribution in [0.4, 0.5) is 0 Å². The summed E-state index contributed by atoms with van der Waals surface area (Å²) in [5, 5.41) is 0. The fourth-order valence-electron chi connectivity index (χ4n) is 1.47. The average Bonchev–Trinajstić information content (AvgIpc) is 2.30. The van der Waals surface area contributed by atoms with Gasteiger partial charge in [0, 0.05) is 5.70 Å². The zero-order valence-electron chi connectivity index (χ0n) is 7.70. The lowest BCUT2D eigenvalue weighted by molar-refractivity contribution is -0.110. The summed E-state index contributed by atoms with van der Waals surface area (Å²) in [5.41, 5.74) is 13.1. The third kappa shape index (κ3) is 2.70. The lowest BCUT2D eigenvalue weighted by Gasteiger charge is -2.07. The molecule has 0 aromatic carbocycles. The molecule has 0 aromatic heterocycles. The fraction of sp³-hybridized carbons (Fsp3) is 0.500. The highest BCUT2D eigenvalue weighted by atomic mass is 16.1. The number of carbonyl (C=O) groups excluding carboxylic acids is 1. The first-order valence-corrected chi connectivity index (χ1v) is 4.58. The molecule has 0 radical (unpaired) electrons. The lowest BCUT2D eigenvalue weighted by atomic mass is 10.00. The molecule has 0 saturated heterocycles. The second kappa shape index (κ2) is 4.82. The molecule has 1 rings (SSSR count). The van der Waals surface area contributed by atoms with Gasteiger partial charge in [-0.1, -0.05) is 11.6 Å². The smallest absolute Gasteiger partial charge is 0.128 e. The van der Waals surface area contributed by atoms with Gasteiger partial charge >= 0.3 is 0 Å². The molecule has 0 aromatic rings. The number of hydrogen-bond acceptors (Lipinski definition) is 3. The summed E-state index contributed by atoms with van der Waals surface area (Å²) < 4.78 is 0. The predicted molar refractivity (Wildman–Crippen MR) is 52.8 cm³/mol. The molecule has 3 nitrogen and oxygen atoms in total. The number of nitrogens with two attached hydrogens (primary N) is 2. The van der Waals surface area contributed by atoms with Gasteiger partial charge < -0.3 is 16.3 Å². The van der Waals surface area contributed by atoms with Crippen molar-refractivity contribution in [1.82, 2.24) is 0 Å². The molecule has 4 N–H and O–H groups in total. The highest BCUT2D eigenvalue weighted by Crippen LogP contribution is 2.21. The Morgan fingerprint density at radius 2 is 2.31 bits per heavy atom. The summed E-state index contributed by atoms with van der Waals surface area (Å²) in [6.07, 6.45) is 7.39. The minimum Gasteiger partial charge on any atom is -0.401 e. The van der Waals surface area contributed by atoms with Crippen LogP contribution in [0.15, 0.2) is 23.4 Å². The standard InChI is InChI=1S/C10H16N2O/c11-6-5-8-1-3-9(7-13)10(12)4-2-8/h2,4,7,9H,1,3,5-6,11-12H2. The van der Waals surface area contributed by atoms with Crippen LogP contribution in [0, 0.1) is 5.92 Å². The maximum atomic E-state index is 10.6. The molecule has 0 heterocycles. The molecule has 0 aliphatic heterocycles. The van der Waals surface area contributed by atoms with Crippen molar-refractivity contribution in [1.29, 1.82) is 0 Å². The van der Waals surface area contributed by atoms with E-state index in [1.807, 2.05) is 12.2 Å². The summed E-state index contributed by atoms with van der Waals surface area (Å²) >= 11 is 0. The topological polar surface area (TPSA) is 69.1 Å². The molecule has 0 fully saturated rings. The summed E-state index contributed by atoms with van der Waals surface area (Å²) in [5.74, 6) is -0.105. The normalized spacial score (nSPS) is 23.0. The van der Waals surface area contributed by atoms with E-state index in [9.17, 15) is 4.79 Å². The van der Waals surface area contributed by atoms with E-state index in [-0.39, 0.29) is 5.92 Å². The van der Waals surface area contributed by atoms with Crippen LogP contribution >= 0.6 is 0 Å². The molecule has 72 valence electrons. The first kappa shape index (κ1) is 9.99. The third-order valence-corrected chi connectivity index (χ3v) is 2.35. The number of allylic oxidation sites excluding steroid dienone is 3. The molecule has 1 aliphatic carbocycles. The van der Waals surface area contributed by atoms with Crippen molar-refractivity contribution in [2.45, 2.75) is 19.3 Å². The number of hydrogen-bond donors (Lipinski definition) is 2. The largest absolute Gasteiger partial charge is 0.401 e. The highest BCUT2D eigenvalue weighted by Gasteiger charge is 2.13. The summed E-state index contributed by atoms with van der Waals surface area (Å²) in [6.45, 7) is 0.658. The monoisotopic (exact) mass is 180 g/mol. The lowest BCUT2D eigenvalue weighted by Crippen LogP contribution is -2.12. The van der Waals surface area contributed by atoms with E-state index in [2.05, 4.69) is 0 Å². The van der Waals surface area contributed by atoms with Gasteiger partial charge in [0.25, 0.3) is 0 Å². The van der Waals surface area contributed by atoms with E-state index in [1.54, 1.807) is 0 Å². The molecule has 3 heteroatoms. The van der Waals surface area contributed by atoms with Crippen LogP contribution in [0.1, 0.15) is 19.3 Å². The van der Waals surface area contributed by atoms with Crippen LogP contribution in [0.3, 0.4) is 0 Å². The summed E-state index contributed by atoms with van der Waals surface area (Å²) in [7, 11) is 0. The maximum absolute atomic E-state index is 10.6. The average molecular weight is 180 g/mol. The van der Waals surface area contributed by atoms with E-state index < -0.39 is 0 Å². The molecule has 1 unspecified atom stereocenters. The highest BCUT2D eigenvalue weighted by molar-refractivity contribution is 5.59. The van der Waals surface area contributed by atoms with Gasteiger partial charge in [-0.25, -0.2) is 0 Å². The Balaban J connectivity index is 2.65. The van der Waals surface area contributed by atoms with Gasteiger partial charge in [0.2, 0.25) is 0 Å². The Morgan fingerprint density at radius 3 is 2.92 bits per heavy atom. The fourth-order valence-corrected chi connectivity index (χ4v) is 1.47. The van der Waals surface area contributed by atoms with E-state index in [0.29, 0.717) is 12.2 Å². The van der Waals surface area contributed by atoms with Gasteiger partial charge in [0.05, 0.1) is 5.92 Å². The van der Waals surface area contributed by atoms with E-state index in [0.717, 1.165) is 25.5 Å². The molecular weight excluding hydrogens is 164 g/mol. The van der Waals surface area contributed by atoms with Gasteiger partial charge in [-0.3, -0.25) is 0 Å². The van der Waals surface area contributed by atoms with Crippen molar-refractivity contribution >= 4 is 6.29 Å². The SMILES string of the molecule is NCCC1=CC=C(N)C(C=O)CC1. The van der Waals surface area contributed by atoms with Gasteiger partial charge in [-0.05, 0) is 31.9 Å². The van der Waals surface area contributed by atoms with Gasteiger partial charge in [-0.2, -0.15) is 0 Å². The summed E-state index contributed by atoms with van der Waals surface area (Å²) in [4.78, 5) is 10.6. The first-order valence-electron chi connectivity index (χ1n) is 4.58. The number of rotatable bonds is 3. The number of carbonyl (C=O) groups is 1. The minimum atomic E-state index is -0.105. The van der Waals surface area contributed by atoms with Crippen LogP contribution in [0.5, 0.6) is 0 Å². The van der Waals surface area contributed by atoms with Crippen LogP contribution in [-0.2, 0) is 4.79 Å². The van der Waals surface area contributed by atoms with Crippen molar-refractivity contribution in [2.75, 3.05) is 6.54 Å². The molecule has 0 saturated carbocycles. The van der Waals surface area contributed by atoms with Crippen LogP contribution in [0.25, 0.3) is 0 Å².